The third kappa shape index (κ3) is 18.7. The molecule has 1 aliphatic heterocycles. The van der Waals surface area contributed by atoms with Crippen molar-refractivity contribution in [2.24, 2.45) is 20.5 Å². The van der Waals surface area contributed by atoms with Crippen LogP contribution in [0, 0.1) is 0 Å². The fraction of sp³-hybridized carbons (Fsp3) is 0.255. The Morgan fingerprint density at radius 1 is 0.632 bits per heavy atom. The zero-order chi connectivity index (χ0) is 53.7. The van der Waals surface area contributed by atoms with E-state index in [0.29, 0.717) is 69.0 Å². The fourth-order valence-electron chi connectivity index (χ4n) is 6.98. The molecule has 1 aliphatic rings. The monoisotopic (exact) mass is 1080 g/mol. The van der Waals surface area contributed by atoms with E-state index in [0.717, 1.165) is 38.8 Å². The molecule has 0 unspecified atom stereocenters. The molecule has 1 saturated heterocycles. The van der Waals surface area contributed by atoms with Crippen molar-refractivity contribution in [3.05, 3.63) is 119 Å². The fourth-order valence-corrected chi connectivity index (χ4v) is 7.31. The Balaban J connectivity index is 0.000000617. The Kier molecular flexibility index (Phi) is 23.1. The van der Waals surface area contributed by atoms with E-state index in [1.54, 1.807) is 78.9 Å². The summed E-state index contributed by atoms with van der Waals surface area (Å²) in [4.78, 5) is 47.7. The van der Waals surface area contributed by atoms with Crippen LogP contribution in [0.5, 0.6) is 17.2 Å². The molecular weight excluding hydrogens is 1030 g/mol. The summed E-state index contributed by atoms with van der Waals surface area (Å²) in [6.07, 6.45) is 0. The molecule has 0 aliphatic carbocycles. The van der Waals surface area contributed by atoms with Crippen molar-refractivity contribution in [2.75, 3.05) is 87.7 Å². The maximum absolute atomic E-state index is 11.5. The number of aromatic carboxylic acids is 2. The van der Waals surface area contributed by atoms with E-state index < -0.39 is 27.9 Å². The summed E-state index contributed by atoms with van der Waals surface area (Å²) in [7, 11) is 0.162. The zero-order valence-electron chi connectivity index (χ0n) is 41.5. The minimum Gasteiger partial charge on any atom is -0.747 e. The van der Waals surface area contributed by atoms with Gasteiger partial charge in [-0.15, -0.1) is 0 Å². The van der Waals surface area contributed by atoms with E-state index in [4.69, 9.17) is 24.7 Å². The normalized spacial score (nSPS) is 12.5. The summed E-state index contributed by atoms with van der Waals surface area (Å²) < 4.78 is 47.3. The Bertz CT molecular complexity index is 3040. The van der Waals surface area contributed by atoms with Crippen molar-refractivity contribution in [3.63, 3.8) is 0 Å². The SMILES string of the molecule is COc1cc(N=Nc2cc(COO)cc(COO)c2)ccc1Nc1nc(NCCN2CCNCC2)nc(Nc2ccc(N=Nc3cc(C(=O)O)cc(C(=O)O)c3)cc2OC)n1.COc1ccccc1NCS(=O)(=O)[O-].[Na+]. The molecule has 5 aromatic carbocycles. The van der Waals surface area contributed by atoms with E-state index >= 15 is 0 Å². The van der Waals surface area contributed by atoms with E-state index in [9.17, 15) is 32.8 Å². The van der Waals surface area contributed by atoms with E-state index in [1.807, 2.05) is 0 Å². The van der Waals surface area contributed by atoms with E-state index in [-0.39, 0.29) is 77.4 Å². The maximum Gasteiger partial charge on any atom is 1.00 e. The predicted molar refractivity (Wildman–Crippen MR) is 271 cm³/mol. The Hall–Kier alpha value is -7.48. The average molecular weight is 1080 g/mol. The Labute approximate surface area is 457 Å². The number of ether oxygens (including phenoxy) is 3. The zero-order valence-corrected chi connectivity index (χ0v) is 44.3. The predicted octanol–water partition coefficient (Wildman–Crippen LogP) is 4.51. The summed E-state index contributed by atoms with van der Waals surface area (Å²) in [5, 5.41) is 69.0. The number of nitrogens with one attached hydrogen (secondary N) is 5. The molecule has 7 rings (SSSR count). The van der Waals surface area contributed by atoms with Crippen LogP contribution < -0.4 is 70.4 Å². The first kappa shape index (κ1) is 59.4. The van der Waals surface area contributed by atoms with Crippen LogP contribution in [0.4, 0.5) is 57.7 Å². The minimum atomic E-state index is -4.26. The van der Waals surface area contributed by atoms with Crippen LogP contribution in [-0.4, -0.2) is 132 Å². The molecule has 0 spiro atoms. The van der Waals surface area contributed by atoms with Crippen molar-refractivity contribution in [1.82, 2.24) is 25.2 Å². The van der Waals surface area contributed by atoms with Crippen LogP contribution in [0.15, 0.2) is 118 Å². The molecule has 2 heterocycles. The van der Waals surface area contributed by atoms with Crippen molar-refractivity contribution in [1.29, 1.82) is 0 Å². The quantitative estimate of drug-likeness (QED) is 0.0132. The number of anilines is 6. The number of carboxylic acids is 2. The Morgan fingerprint density at radius 3 is 1.61 bits per heavy atom. The van der Waals surface area contributed by atoms with Crippen molar-refractivity contribution < 1.29 is 96.8 Å². The number of hydrogen-bond acceptors (Lipinski definition) is 25. The van der Waals surface area contributed by atoms with Gasteiger partial charge in [0.1, 0.15) is 46.5 Å². The number of hydrogen-bond donors (Lipinski definition) is 9. The molecule has 27 nitrogen and oxygen atoms in total. The first-order chi connectivity index (χ1) is 36.1. The van der Waals surface area contributed by atoms with E-state index in [1.165, 1.54) is 33.5 Å². The van der Waals surface area contributed by atoms with Crippen molar-refractivity contribution in [2.45, 2.75) is 13.2 Å². The number of piperazine rings is 1. The van der Waals surface area contributed by atoms with Gasteiger partial charge in [0, 0.05) is 51.4 Å². The van der Waals surface area contributed by atoms with Gasteiger partial charge in [0.2, 0.25) is 17.8 Å². The second-order valence-corrected chi connectivity index (χ2v) is 17.2. The molecule has 0 saturated carbocycles. The van der Waals surface area contributed by atoms with Gasteiger partial charge in [0.05, 0.1) is 72.3 Å². The molecule has 1 fully saturated rings. The van der Waals surface area contributed by atoms with Gasteiger partial charge in [-0.3, -0.25) is 15.4 Å². The Morgan fingerprint density at radius 2 is 1.12 bits per heavy atom. The van der Waals surface area contributed by atoms with Gasteiger partial charge in [-0.25, -0.2) is 27.8 Å². The minimum absolute atomic E-state index is 0. The summed E-state index contributed by atoms with van der Waals surface area (Å²) in [6.45, 7) is 4.80. The molecule has 0 bridgehead atoms. The summed E-state index contributed by atoms with van der Waals surface area (Å²) in [5.74, 6) is -1.40. The molecule has 396 valence electrons. The number of aromatic nitrogens is 3. The number of para-hydroxylation sites is 2. The van der Waals surface area contributed by atoms with Crippen molar-refractivity contribution in [3.8, 4) is 17.2 Å². The molecule has 0 radical (unpaired) electrons. The smallest absolute Gasteiger partial charge is 0.747 e. The van der Waals surface area contributed by atoms with Crippen LogP contribution in [0.2, 0.25) is 0 Å². The van der Waals surface area contributed by atoms with Crippen LogP contribution in [0.25, 0.3) is 0 Å². The third-order valence-corrected chi connectivity index (χ3v) is 10.9. The van der Waals surface area contributed by atoms with Gasteiger partial charge in [0.25, 0.3) is 0 Å². The number of nitrogens with zero attached hydrogens (tertiary/aromatic N) is 8. The molecule has 76 heavy (non-hydrogen) atoms. The van der Waals surface area contributed by atoms with Gasteiger partial charge in [-0.2, -0.15) is 35.4 Å². The number of carboxylic acid groups (broad SMARTS) is 2. The van der Waals surface area contributed by atoms with Gasteiger partial charge < -0.3 is 55.6 Å². The van der Waals surface area contributed by atoms with Crippen molar-refractivity contribution >= 4 is 79.7 Å². The number of rotatable bonds is 24. The topological polar surface area (TPSA) is 370 Å². The largest absolute Gasteiger partial charge is 1.00 e. The first-order valence-corrected chi connectivity index (χ1v) is 24.0. The molecule has 29 heteroatoms. The third-order valence-electron chi connectivity index (χ3n) is 10.4. The van der Waals surface area contributed by atoms with Crippen LogP contribution >= 0.6 is 0 Å². The number of azo groups is 2. The van der Waals surface area contributed by atoms with Gasteiger partial charge in [-0.1, -0.05) is 18.2 Å². The second kappa shape index (κ2) is 29.6. The molecule has 9 N–H and O–H groups in total. The van der Waals surface area contributed by atoms with Gasteiger partial charge in [0.15, 0.2) is 0 Å². The van der Waals surface area contributed by atoms with Gasteiger partial charge in [-0.05, 0) is 77.9 Å². The average Bonchev–Trinajstić information content (AvgIpc) is 3.40. The van der Waals surface area contributed by atoms with Crippen LogP contribution in [0.3, 0.4) is 0 Å². The standard InChI is InChI=1S/C39H42N12O10.C8H11NO4S.Na/c1-58-33-19-27(47-49-29-14-23(21-60-56)13-24(15-29)22-61-57)3-5-31(33)42-38-44-37(41-9-12-51-10-7-40-8-11-51)45-39(46-38)43-32-6-4-28(20-34(32)59-2)48-50-30-17-25(35(52)53)16-26(18-30)36(54)55;1-13-8-5-3-2-4-7(8)9-6-14(10,11)12;/h3-6,13-20,40,56-57H,7-12,21-22H2,1-2H3,(H,52,53)(H,54,55)(H3,41,42,43,44,45,46);2-5,9H,6H2,1H3,(H,10,11,12);/q;;+1/p-1. The molecule has 1 aromatic heterocycles. The molecule has 0 amide bonds. The summed E-state index contributed by atoms with van der Waals surface area (Å²) in [6, 6.07) is 25.2. The summed E-state index contributed by atoms with van der Waals surface area (Å²) >= 11 is 0. The second-order valence-electron chi connectivity index (χ2n) is 15.8. The summed E-state index contributed by atoms with van der Waals surface area (Å²) in [5.41, 5.74) is 3.39. The van der Waals surface area contributed by atoms with Crippen LogP contribution in [0.1, 0.15) is 31.8 Å². The number of carbonyl (C=O) groups is 2. The first-order valence-electron chi connectivity index (χ1n) is 22.4. The number of methoxy groups -OCH3 is 3. The molecular formula is C47H52N13NaO14S. The van der Waals surface area contributed by atoms with Crippen LogP contribution in [-0.2, 0) is 33.1 Å². The van der Waals surface area contributed by atoms with Gasteiger partial charge >= 0.3 is 41.5 Å². The maximum atomic E-state index is 11.5. The number of benzene rings is 5. The van der Waals surface area contributed by atoms with E-state index in [2.05, 4.69) is 76.7 Å². The molecule has 0 atom stereocenters. The molecule has 6 aromatic rings.